The van der Waals surface area contributed by atoms with Crippen LogP contribution in [0.5, 0.6) is 0 Å². The van der Waals surface area contributed by atoms with E-state index in [1.807, 2.05) is 38.1 Å². The van der Waals surface area contributed by atoms with Crippen molar-refractivity contribution in [1.82, 2.24) is 10.2 Å². The molecule has 1 fully saturated rings. The van der Waals surface area contributed by atoms with Crippen molar-refractivity contribution in [2.45, 2.75) is 39.3 Å². The second-order valence-electron chi connectivity index (χ2n) is 5.69. The van der Waals surface area contributed by atoms with Gasteiger partial charge in [0.25, 0.3) is 0 Å². The van der Waals surface area contributed by atoms with Crippen LogP contribution in [0, 0.1) is 6.92 Å². The topological polar surface area (TPSA) is 49.4 Å². The number of nitrogens with one attached hydrogen (secondary N) is 1. The lowest BCUT2D eigenvalue weighted by Crippen LogP contribution is -2.64. The molecule has 1 aliphatic heterocycles. The molecule has 1 aromatic carbocycles. The summed E-state index contributed by atoms with van der Waals surface area (Å²) in [5.74, 6) is -0.149. The van der Waals surface area contributed by atoms with Crippen molar-refractivity contribution in [2.75, 3.05) is 6.54 Å². The molecular weight excluding hydrogens is 240 g/mol. The third-order valence-electron chi connectivity index (χ3n) is 3.59. The van der Waals surface area contributed by atoms with Gasteiger partial charge in [-0.05, 0) is 33.3 Å². The van der Waals surface area contributed by atoms with Gasteiger partial charge >= 0.3 is 0 Å². The minimum atomic E-state index is -0.825. The number of aryl methyl sites for hydroxylation is 1. The Morgan fingerprint density at radius 1 is 1.21 bits per heavy atom. The first-order chi connectivity index (χ1) is 8.81. The van der Waals surface area contributed by atoms with Crippen LogP contribution in [0.3, 0.4) is 0 Å². The molecule has 1 atom stereocenters. The van der Waals surface area contributed by atoms with Crippen LogP contribution in [0.15, 0.2) is 24.3 Å². The molecule has 102 valence electrons. The first-order valence-electron chi connectivity index (χ1n) is 6.50. The molecule has 1 unspecified atom stereocenters. The number of amides is 2. The Labute approximate surface area is 113 Å². The lowest BCUT2D eigenvalue weighted by molar-refractivity contribution is -0.150. The first kappa shape index (κ1) is 13.6. The summed E-state index contributed by atoms with van der Waals surface area (Å²) in [7, 11) is 0. The van der Waals surface area contributed by atoms with Gasteiger partial charge in [-0.25, -0.2) is 0 Å². The van der Waals surface area contributed by atoms with Crippen LogP contribution in [0.1, 0.15) is 37.9 Å². The van der Waals surface area contributed by atoms with E-state index in [4.69, 9.17) is 0 Å². The van der Waals surface area contributed by atoms with Crippen LogP contribution in [-0.4, -0.2) is 28.8 Å². The van der Waals surface area contributed by atoms with E-state index in [0.29, 0.717) is 0 Å². The maximum Gasteiger partial charge on any atom is 0.248 e. The zero-order valence-corrected chi connectivity index (χ0v) is 11.9. The normalized spacial score (nSPS) is 20.1. The van der Waals surface area contributed by atoms with Gasteiger partial charge in [0.2, 0.25) is 11.8 Å². The number of hydrogen-bond acceptors (Lipinski definition) is 2. The van der Waals surface area contributed by atoms with E-state index in [0.717, 1.165) is 5.56 Å². The zero-order chi connectivity index (χ0) is 14.2. The fourth-order valence-corrected chi connectivity index (χ4v) is 2.36. The predicted molar refractivity (Wildman–Crippen MR) is 73.5 cm³/mol. The number of hydrogen-bond donors (Lipinski definition) is 1. The van der Waals surface area contributed by atoms with Gasteiger partial charge in [-0.1, -0.05) is 29.8 Å². The monoisotopic (exact) mass is 260 g/mol. The van der Waals surface area contributed by atoms with E-state index in [9.17, 15) is 9.59 Å². The van der Waals surface area contributed by atoms with Gasteiger partial charge in [0.1, 0.15) is 12.1 Å². The summed E-state index contributed by atoms with van der Waals surface area (Å²) in [6.45, 7) is 7.58. The molecule has 0 radical (unpaired) electrons. The minimum Gasteiger partial charge on any atom is -0.341 e. The second kappa shape index (κ2) is 4.68. The molecule has 0 saturated carbocycles. The summed E-state index contributed by atoms with van der Waals surface area (Å²) in [5, 5.41) is 2.72. The largest absolute Gasteiger partial charge is 0.341 e. The second-order valence-corrected chi connectivity index (χ2v) is 5.69. The van der Waals surface area contributed by atoms with Crippen molar-refractivity contribution in [1.29, 1.82) is 0 Å². The van der Waals surface area contributed by atoms with Gasteiger partial charge < -0.3 is 10.2 Å². The highest BCUT2D eigenvalue weighted by Gasteiger charge is 2.41. The third kappa shape index (κ3) is 2.62. The highest BCUT2D eigenvalue weighted by Crippen LogP contribution is 2.25. The molecule has 0 bridgehead atoms. The van der Waals surface area contributed by atoms with Gasteiger partial charge in [0, 0.05) is 0 Å². The number of carbonyl (C=O) groups excluding carboxylic acids is 2. The van der Waals surface area contributed by atoms with Crippen molar-refractivity contribution >= 4 is 11.8 Å². The molecule has 2 rings (SSSR count). The molecule has 4 heteroatoms. The van der Waals surface area contributed by atoms with E-state index < -0.39 is 5.54 Å². The Balaban J connectivity index is 2.27. The smallest absolute Gasteiger partial charge is 0.248 e. The number of rotatable bonds is 2. The van der Waals surface area contributed by atoms with Crippen LogP contribution in [0.4, 0.5) is 0 Å². The molecule has 19 heavy (non-hydrogen) atoms. The molecule has 1 N–H and O–H groups in total. The third-order valence-corrected chi connectivity index (χ3v) is 3.59. The lowest BCUT2D eigenvalue weighted by atomic mass is 9.97. The Morgan fingerprint density at radius 2 is 1.79 bits per heavy atom. The summed E-state index contributed by atoms with van der Waals surface area (Å²) >= 11 is 0. The Bertz CT molecular complexity index is 505. The van der Waals surface area contributed by atoms with Crippen LogP contribution in [0.25, 0.3) is 0 Å². The van der Waals surface area contributed by atoms with Crippen molar-refractivity contribution in [3.05, 3.63) is 35.4 Å². The van der Waals surface area contributed by atoms with Gasteiger partial charge in [0.05, 0.1) is 6.04 Å². The van der Waals surface area contributed by atoms with Crippen molar-refractivity contribution in [3.63, 3.8) is 0 Å². The van der Waals surface area contributed by atoms with Crippen molar-refractivity contribution in [2.24, 2.45) is 0 Å². The van der Waals surface area contributed by atoms with Gasteiger partial charge in [-0.3, -0.25) is 9.59 Å². The molecule has 1 aromatic rings. The van der Waals surface area contributed by atoms with Gasteiger partial charge in [0.15, 0.2) is 0 Å². The molecule has 2 amide bonds. The maximum atomic E-state index is 12.4. The molecule has 1 aliphatic rings. The van der Waals surface area contributed by atoms with Gasteiger partial charge in [-0.2, -0.15) is 0 Å². The fourth-order valence-electron chi connectivity index (χ4n) is 2.36. The molecule has 0 spiro atoms. The summed E-state index contributed by atoms with van der Waals surface area (Å²) in [4.78, 5) is 25.7. The number of piperazine rings is 1. The summed E-state index contributed by atoms with van der Waals surface area (Å²) in [5.41, 5.74) is 1.40. The molecule has 4 nitrogen and oxygen atoms in total. The highest BCUT2D eigenvalue weighted by atomic mass is 16.2. The SMILES string of the molecule is Cc1ccc(C(C)N2CC(=O)NC(C)(C)C2=O)cc1. The standard InChI is InChI=1S/C15H20N2O2/c1-10-5-7-12(8-6-10)11(2)17-9-13(18)16-15(3,4)14(17)19/h5-8,11H,9H2,1-4H3,(H,16,18). The first-order valence-corrected chi connectivity index (χ1v) is 6.50. The predicted octanol–water partition coefficient (Wildman–Crippen LogP) is 1.79. The minimum absolute atomic E-state index is 0.0415. The number of benzene rings is 1. The van der Waals surface area contributed by atoms with E-state index in [1.54, 1.807) is 18.7 Å². The van der Waals surface area contributed by atoms with Crippen LogP contribution in [-0.2, 0) is 9.59 Å². The van der Waals surface area contributed by atoms with E-state index >= 15 is 0 Å². The molecule has 1 heterocycles. The Hall–Kier alpha value is -1.84. The molecule has 0 aliphatic carbocycles. The quantitative estimate of drug-likeness (QED) is 0.881. The number of nitrogens with zero attached hydrogens (tertiary/aromatic N) is 1. The fraction of sp³-hybridized carbons (Fsp3) is 0.467. The van der Waals surface area contributed by atoms with E-state index in [-0.39, 0.29) is 24.4 Å². The molecule has 1 saturated heterocycles. The Kier molecular flexibility index (Phi) is 3.35. The summed E-state index contributed by atoms with van der Waals surface area (Å²) < 4.78 is 0. The zero-order valence-electron chi connectivity index (χ0n) is 11.9. The van der Waals surface area contributed by atoms with Crippen molar-refractivity contribution < 1.29 is 9.59 Å². The summed E-state index contributed by atoms with van der Waals surface area (Å²) in [6, 6.07) is 7.95. The highest BCUT2D eigenvalue weighted by molar-refractivity contribution is 5.97. The average molecular weight is 260 g/mol. The summed E-state index contributed by atoms with van der Waals surface area (Å²) in [6.07, 6.45) is 0. The van der Waals surface area contributed by atoms with Crippen LogP contribution >= 0.6 is 0 Å². The average Bonchev–Trinajstić information content (AvgIpc) is 2.33. The van der Waals surface area contributed by atoms with Crippen molar-refractivity contribution in [3.8, 4) is 0 Å². The maximum absolute atomic E-state index is 12.4. The molecular formula is C15H20N2O2. The van der Waals surface area contributed by atoms with Crippen LogP contribution < -0.4 is 5.32 Å². The van der Waals surface area contributed by atoms with E-state index in [1.165, 1.54) is 5.56 Å². The Morgan fingerprint density at radius 3 is 2.37 bits per heavy atom. The lowest BCUT2D eigenvalue weighted by Gasteiger charge is -2.40. The molecule has 0 aromatic heterocycles. The van der Waals surface area contributed by atoms with E-state index in [2.05, 4.69) is 5.32 Å². The van der Waals surface area contributed by atoms with Crippen LogP contribution in [0.2, 0.25) is 0 Å². The van der Waals surface area contributed by atoms with Gasteiger partial charge in [-0.15, -0.1) is 0 Å². The number of carbonyl (C=O) groups is 2.